The number of anilines is 1. The van der Waals surface area contributed by atoms with Crippen molar-refractivity contribution in [3.8, 4) is 0 Å². The van der Waals surface area contributed by atoms with Crippen molar-refractivity contribution >= 4 is 17.5 Å². The van der Waals surface area contributed by atoms with Crippen molar-refractivity contribution in [1.82, 2.24) is 10.2 Å². The van der Waals surface area contributed by atoms with Crippen LogP contribution in [-0.4, -0.2) is 36.3 Å². The van der Waals surface area contributed by atoms with Crippen molar-refractivity contribution < 1.29 is 14.0 Å². The van der Waals surface area contributed by atoms with Gasteiger partial charge in [-0.05, 0) is 86.7 Å². The third-order valence-corrected chi connectivity index (χ3v) is 6.77. The van der Waals surface area contributed by atoms with E-state index in [-0.39, 0.29) is 23.5 Å². The second-order valence-corrected chi connectivity index (χ2v) is 9.62. The lowest BCUT2D eigenvalue weighted by molar-refractivity contribution is -0.127. The fourth-order valence-corrected chi connectivity index (χ4v) is 5.01. The summed E-state index contributed by atoms with van der Waals surface area (Å²) in [7, 11) is 0. The van der Waals surface area contributed by atoms with E-state index in [4.69, 9.17) is 0 Å². The lowest BCUT2D eigenvalue weighted by Crippen LogP contribution is -2.45. The van der Waals surface area contributed by atoms with E-state index in [2.05, 4.69) is 21.6 Å². The molecule has 0 bridgehead atoms. The number of halogens is 1. The summed E-state index contributed by atoms with van der Waals surface area (Å²) in [6.07, 6.45) is 1.81. The third-order valence-electron chi connectivity index (χ3n) is 6.77. The van der Waals surface area contributed by atoms with Crippen molar-refractivity contribution in [3.05, 3.63) is 101 Å². The lowest BCUT2D eigenvalue weighted by Gasteiger charge is -2.36. The summed E-state index contributed by atoms with van der Waals surface area (Å²) in [5.41, 5.74) is 4.54. The molecule has 0 aliphatic carbocycles. The van der Waals surface area contributed by atoms with Gasteiger partial charge < -0.3 is 10.6 Å². The minimum absolute atomic E-state index is 0.00179. The Labute approximate surface area is 212 Å². The maximum Gasteiger partial charge on any atom is 0.246 e. The molecule has 1 atom stereocenters. The summed E-state index contributed by atoms with van der Waals surface area (Å²) < 4.78 is 13.8. The van der Waals surface area contributed by atoms with E-state index in [9.17, 15) is 14.0 Å². The molecule has 3 aromatic rings. The minimum Gasteiger partial charge on any atom is -0.356 e. The number of piperidine rings is 1. The molecule has 1 aliphatic heterocycles. The molecule has 1 saturated heterocycles. The molecule has 1 unspecified atom stereocenters. The quantitative estimate of drug-likeness (QED) is 0.460. The fourth-order valence-electron chi connectivity index (χ4n) is 5.01. The minimum atomic E-state index is -0.433. The highest BCUT2D eigenvalue weighted by atomic mass is 19.1. The van der Waals surface area contributed by atoms with Gasteiger partial charge in [0.1, 0.15) is 11.9 Å². The molecule has 6 heteroatoms. The van der Waals surface area contributed by atoms with Crippen molar-refractivity contribution in [1.29, 1.82) is 0 Å². The van der Waals surface area contributed by atoms with Crippen LogP contribution >= 0.6 is 0 Å². The van der Waals surface area contributed by atoms with Gasteiger partial charge >= 0.3 is 0 Å². The Bertz CT molecular complexity index is 1170. The van der Waals surface area contributed by atoms with E-state index in [0.29, 0.717) is 44.5 Å². The van der Waals surface area contributed by atoms with Gasteiger partial charge in [-0.1, -0.05) is 54.6 Å². The highest BCUT2D eigenvalue weighted by molar-refractivity contribution is 5.95. The van der Waals surface area contributed by atoms with Gasteiger partial charge in [-0.15, -0.1) is 0 Å². The topological polar surface area (TPSA) is 61.4 Å². The van der Waals surface area contributed by atoms with Gasteiger partial charge in [0.25, 0.3) is 0 Å². The van der Waals surface area contributed by atoms with Gasteiger partial charge in [0.15, 0.2) is 0 Å². The van der Waals surface area contributed by atoms with Gasteiger partial charge in [-0.2, -0.15) is 0 Å². The normalized spacial score (nSPS) is 15.3. The summed E-state index contributed by atoms with van der Waals surface area (Å²) in [4.78, 5) is 28.4. The van der Waals surface area contributed by atoms with Crippen LogP contribution in [0.1, 0.15) is 41.1 Å². The Morgan fingerprint density at radius 2 is 1.58 bits per heavy atom. The molecule has 0 saturated carbocycles. The van der Waals surface area contributed by atoms with E-state index >= 15 is 0 Å². The van der Waals surface area contributed by atoms with E-state index in [1.165, 1.54) is 6.07 Å². The number of likely N-dealkylation sites (tertiary alicyclic amines) is 1. The molecule has 188 valence electrons. The van der Waals surface area contributed by atoms with Crippen LogP contribution in [0, 0.1) is 25.6 Å². The maximum atomic E-state index is 13.8. The molecule has 1 heterocycles. The number of amides is 2. The second kappa shape index (κ2) is 12.0. The maximum absolute atomic E-state index is 13.8. The standard InChI is InChI=1S/C30H34FN3O2/c1-21-18-22(2)20-26(19-21)33-30(36)28(24-9-4-3-5-10-24)34-16-13-25(14-17-34)29(35)32-15-12-23-8-6-7-11-27(23)31/h3-11,18-20,25,28H,12-17H2,1-2H3,(H,32,35)(H,33,36). The van der Waals surface area contributed by atoms with Crippen molar-refractivity contribution in [3.63, 3.8) is 0 Å². The predicted octanol–water partition coefficient (Wildman–Crippen LogP) is 5.19. The van der Waals surface area contributed by atoms with Gasteiger partial charge in [0.2, 0.25) is 11.8 Å². The summed E-state index contributed by atoms with van der Waals surface area (Å²) in [6, 6.07) is 22.0. The summed E-state index contributed by atoms with van der Waals surface area (Å²) in [5.74, 6) is -0.423. The average molecular weight is 488 g/mol. The Hall–Kier alpha value is -3.51. The number of benzene rings is 3. The molecular weight excluding hydrogens is 453 g/mol. The van der Waals surface area contributed by atoms with E-state index in [1.54, 1.807) is 18.2 Å². The molecule has 0 radical (unpaired) electrons. The molecule has 1 aliphatic rings. The van der Waals surface area contributed by atoms with Crippen LogP contribution in [0.4, 0.5) is 10.1 Å². The molecule has 2 N–H and O–H groups in total. The number of hydrogen-bond acceptors (Lipinski definition) is 3. The number of hydrogen-bond donors (Lipinski definition) is 2. The van der Waals surface area contributed by atoms with Crippen LogP contribution in [0.2, 0.25) is 0 Å². The van der Waals surface area contributed by atoms with Crippen LogP contribution in [0.3, 0.4) is 0 Å². The number of nitrogens with one attached hydrogen (secondary N) is 2. The van der Waals surface area contributed by atoms with Gasteiger partial charge in [0.05, 0.1) is 0 Å². The number of aryl methyl sites for hydroxylation is 2. The number of carbonyl (C=O) groups is 2. The molecule has 2 amide bonds. The number of rotatable bonds is 8. The molecule has 1 fully saturated rings. The molecule has 5 nitrogen and oxygen atoms in total. The Kier molecular flexibility index (Phi) is 8.49. The zero-order chi connectivity index (χ0) is 25.5. The number of nitrogens with zero attached hydrogens (tertiary/aromatic N) is 1. The van der Waals surface area contributed by atoms with Gasteiger partial charge in [-0.25, -0.2) is 4.39 Å². The summed E-state index contributed by atoms with van der Waals surface area (Å²) in [5, 5.41) is 6.08. The molecule has 3 aromatic carbocycles. The zero-order valence-electron chi connectivity index (χ0n) is 21.0. The highest BCUT2D eigenvalue weighted by Gasteiger charge is 2.33. The van der Waals surface area contributed by atoms with Crippen LogP contribution < -0.4 is 10.6 Å². The predicted molar refractivity (Wildman–Crippen MR) is 141 cm³/mol. The van der Waals surface area contributed by atoms with Gasteiger partial charge in [0, 0.05) is 18.2 Å². The van der Waals surface area contributed by atoms with E-state index in [0.717, 1.165) is 22.4 Å². The first-order valence-electron chi connectivity index (χ1n) is 12.6. The summed E-state index contributed by atoms with van der Waals surface area (Å²) in [6.45, 7) is 5.73. The van der Waals surface area contributed by atoms with Crippen LogP contribution in [0.15, 0.2) is 72.8 Å². The Balaban J connectivity index is 1.37. The van der Waals surface area contributed by atoms with Crippen molar-refractivity contribution in [2.24, 2.45) is 5.92 Å². The van der Waals surface area contributed by atoms with Crippen molar-refractivity contribution in [2.75, 3.05) is 25.0 Å². The van der Waals surface area contributed by atoms with Crippen LogP contribution in [0.25, 0.3) is 0 Å². The fraction of sp³-hybridized carbons (Fsp3) is 0.333. The summed E-state index contributed by atoms with van der Waals surface area (Å²) >= 11 is 0. The number of carbonyl (C=O) groups excluding carboxylic acids is 2. The Morgan fingerprint density at radius 3 is 2.25 bits per heavy atom. The van der Waals surface area contributed by atoms with Crippen LogP contribution in [-0.2, 0) is 16.0 Å². The molecule has 0 aromatic heterocycles. The monoisotopic (exact) mass is 487 g/mol. The van der Waals surface area contributed by atoms with Crippen LogP contribution in [0.5, 0.6) is 0 Å². The van der Waals surface area contributed by atoms with E-state index < -0.39 is 6.04 Å². The second-order valence-electron chi connectivity index (χ2n) is 9.62. The highest BCUT2D eigenvalue weighted by Crippen LogP contribution is 2.29. The lowest BCUT2D eigenvalue weighted by atomic mass is 9.93. The average Bonchev–Trinajstić information content (AvgIpc) is 2.86. The largest absolute Gasteiger partial charge is 0.356 e. The SMILES string of the molecule is Cc1cc(C)cc(NC(=O)C(c2ccccc2)N2CCC(C(=O)NCCc3ccccc3F)CC2)c1. The molecule has 4 rings (SSSR count). The molecule has 0 spiro atoms. The zero-order valence-corrected chi connectivity index (χ0v) is 21.0. The van der Waals surface area contributed by atoms with Gasteiger partial charge in [-0.3, -0.25) is 14.5 Å². The third kappa shape index (κ3) is 6.58. The first-order valence-corrected chi connectivity index (χ1v) is 12.6. The van der Waals surface area contributed by atoms with Crippen molar-refractivity contribution in [2.45, 2.75) is 39.2 Å². The molecule has 36 heavy (non-hydrogen) atoms. The first-order chi connectivity index (χ1) is 17.4. The smallest absolute Gasteiger partial charge is 0.246 e. The first kappa shape index (κ1) is 25.6. The Morgan fingerprint density at radius 1 is 0.944 bits per heavy atom. The van der Waals surface area contributed by atoms with E-state index in [1.807, 2.05) is 56.3 Å². The molecular formula is C30H34FN3O2.